The molecule has 0 saturated carbocycles. The van der Waals surface area contributed by atoms with Crippen LogP contribution >= 0.6 is 46.6 Å². The average molecular weight is 578 g/mol. The van der Waals surface area contributed by atoms with Crippen molar-refractivity contribution in [2.75, 3.05) is 5.75 Å². The number of aliphatic imine (C=N–C) groups is 1. The molecule has 0 unspecified atom stereocenters. The van der Waals surface area contributed by atoms with E-state index in [1.165, 1.54) is 6.08 Å². The van der Waals surface area contributed by atoms with Crippen molar-refractivity contribution in [2.45, 2.75) is 41.0 Å². The lowest BCUT2D eigenvalue weighted by Crippen LogP contribution is -1.97. The van der Waals surface area contributed by atoms with Crippen LogP contribution < -0.4 is 4.74 Å². The zero-order valence-electron chi connectivity index (χ0n) is 21.2. The van der Waals surface area contributed by atoms with E-state index in [1.54, 1.807) is 36.0 Å². The quantitative estimate of drug-likeness (QED) is 0.151. The van der Waals surface area contributed by atoms with Crippen molar-refractivity contribution in [3.63, 3.8) is 0 Å². The number of allylic oxidation sites excluding steroid dienone is 2. The first-order valence-electron chi connectivity index (χ1n) is 11.4. The molecule has 3 aromatic rings. The fourth-order valence-corrected chi connectivity index (χ4v) is 4.27. The molecule has 37 heavy (non-hydrogen) atoms. The minimum atomic E-state index is 0.201. The molecule has 0 N–H and O–H groups in total. The first kappa shape index (κ1) is 30.5. The van der Waals surface area contributed by atoms with Gasteiger partial charge in [-0.25, -0.2) is 4.99 Å². The van der Waals surface area contributed by atoms with Crippen LogP contribution in [0.25, 0.3) is 5.70 Å². The van der Waals surface area contributed by atoms with E-state index in [-0.39, 0.29) is 5.89 Å². The van der Waals surface area contributed by atoms with Crippen molar-refractivity contribution < 1.29 is 9.15 Å². The van der Waals surface area contributed by atoms with E-state index >= 15 is 0 Å². The Morgan fingerprint density at radius 3 is 2.62 bits per heavy atom. The van der Waals surface area contributed by atoms with E-state index in [2.05, 4.69) is 27.8 Å². The van der Waals surface area contributed by atoms with Gasteiger partial charge in [0.1, 0.15) is 17.2 Å². The van der Waals surface area contributed by atoms with Crippen molar-refractivity contribution >= 4 is 57.3 Å². The van der Waals surface area contributed by atoms with Gasteiger partial charge in [-0.3, -0.25) is 0 Å². The largest absolute Gasteiger partial charge is 0.455 e. The van der Waals surface area contributed by atoms with Crippen LogP contribution in [0.5, 0.6) is 11.5 Å². The van der Waals surface area contributed by atoms with Crippen LogP contribution in [0.4, 0.5) is 0 Å². The maximum absolute atomic E-state index is 9.20. The van der Waals surface area contributed by atoms with E-state index in [0.29, 0.717) is 50.1 Å². The molecule has 6 nitrogen and oxygen atoms in total. The number of hydrogen-bond donors (Lipinski definition) is 0. The first-order valence-corrected chi connectivity index (χ1v) is 13.6. The highest BCUT2D eigenvalue weighted by molar-refractivity contribution is 8.13. The number of ether oxygens (including phenoxy) is 1. The van der Waals surface area contributed by atoms with Gasteiger partial charge in [0.2, 0.25) is 5.89 Å². The topological polar surface area (TPSA) is 84.3 Å². The highest BCUT2D eigenvalue weighted by atomic mass is 35.5. The van der Waals surface area contributed by atoms with Gasteiger partial charge in [-0.1, -0.05) is 68.2 Å². The van der Waals surface area contributed by atoms with Crippen LogP contribution in [0.1, 0.15) is 56.2 Å². The van der Waals surface area contributed by atoms with E-state index in [9.17, 15) is 5.26 Å². The molecular weight excluding hydrogens is 551 g/mol. The Balaban J connectivity index is 0.00000235. The van der Waals surface area contributed by atoms with Gasteiger partial charge in [-0.2, -0.15) is 5.26 Å². The molecule has 0 fully saturated rings. The van der Waals surface area contributed by atoms with E-state index in [0.717, 1.165) is 21.9 Å². The summed E-state index contributed by atoms with van der Waals surface area (Å²) in [6, 6.07) is 10.4. The number of rotatable bonds is 8. The molecule has 0 saturated heterocycles. The molecule has 194 valence electrons. The number of nitrogens with zero attached hydrogens (tertiary/aromatic N) is 4. The van der Waals surface area contributed by atoms with Crippen molar-refractivity contribution in [3.8, 4) is 17.6 Å². The highest BCUT2D eigenvalue weighted by Gasteiger charge is 2.18. The number of hydrogen-bond acceptors (Lipinski definition) is 7. The van der Waals surface area contributed by atoms with Crippen LogP contribution in [0.2, 0.25) is 10.0 Å². The molecule has 0 aliphatic carbocycles. The second-order valence-corrected chi connectivity index (χ2v) is 9.90. The van der Waals surface area contributed by atoms with Crippen LogP contribution in [-0.2, 0) is 6.42 Å². The Bertz CT molecular complexity index is 1360. The molecule has 10 heteroatoms. The Morgan fingerprint density at radius 1 is 1.24 bits per heavy atom. The summed E-state index contributed by atoms with van der Waals surface area (Å²) in [4.78, 5) is 4.53. The number of nitriles is 1. The second-order valence-electron chi connectivity index (χ2n) is 7.19. The van der Waals surface area contributed by atoms with Crippen molar-refractivity contribution in [3.05, 3.63) is 86.5 Å². The summed E-state index contributed by atoms with van der Waals surface area (Å²) in [7, 11) is 0. The Morgan fingerprint density at radius 2 is 1.97 bits per heavy atom. The van der Waals surface area contributed by atoms with Crippen molar-refractivity contribution in [1.82, 2.24) is 10.2 Å². The minimum Gasteiger partial charge on any atom is -0.455 e. The molecule has 1 heterocycles. The lowest BCUT2D eigenvalue weighted by molar-refractivity contribution is 0.475. The maximum Gasteiger partial charge on any atom is 0.267 e. The second kappa shape index (κ2) is 14.8. The standard InChI is InChI=1S/C25H21Cl3N4O2S.C2H6/c1-5-20(27)23(30-15(4)35-6-2)25-32-31-22(34-25)11-17-7-8-21(28)24(14(17)3)33-19-10-16(13-29)9-18(26)12-19;1-2/h5,7-10,12H,1,6,11H2,2-4H3;1-2H3/b23-20+,30-15?;. The zero-order valence-corrected chi connectivity index (χ0v) is 24.3. The number of halogens is 3. The fraction of sp³-hybridized carbons (Fsp3) is 0.259. The van der Waals surface area contributed by atoms with Crippen LogP contribution in [0.15, 0.2) is 57.4 Å². The van der Waals surface area contributed by atoms with Gasteiger partial charge < -0.3 is 9.15 Å². The summed E-state index contributed by atoms with van der Waals surface area (Å²) in [5.74, 6) is 2.29. The van der Waals surface area contributed by atoms with Gasteiger partial charge in [0.25, 0.3) is 5.89 Å². The molecule has 0 aliphatic rings. The Labute approximate surface area is 237 Å². The Hall–Kier alpha value is -2.76. The summed E-state index contributed by atoms with van der Waals surface area (Å²) in [5.41, 5.74) is 2.39. The minimum absolute atomic E-state index is 0.201. The summed E-state index contributed by atoms with van der Waals surface area (Å²) < 4.78 is 11.9. The van der Waals surface area contributed by atoms with Crippen LogP contribution in [0.3, 0.4) is 0 Å². The first-order chi connectivity index (χ1) is 17.7. The number of benzene rings is 2. The third-order valence-electron chi connectivity index (χ3n) is 4.73. The third-order valence-corrected chi connectivity index (χ3v) is 6.38. The molecule has 2 aromatic carbocycles. The van der Waals surface area contributed by atoms with Gasteiger partial charge in [-0.15, -0.1) is 22.0 Å². The van der Waals surface area contributed by atoms with Gasteiger partial charge in [0.15, 0.2) is 0 Å². The monoisotopic (exact) mass is 576 g/mol. The van der Waals surface area contributed by atoms with Gasteiger partial charge in [0.05, 0.1) is 33.2 Å². The predicted molar refractivity (Wildman–Crippen MR) is 155 cm³/mol. The fourth-order valence-electron chi connectivity index (χ4n) is 3.10. The summed E-state index contributed by atoms with van der Waals surface area (Å²) in [5, 5.41) is 19.4. The molecule has 1 aromatic heterocycles. The third kappa shape index (κ3) is 8.37. The number of aromatic nitrogens is 2. The predicted octanol–water partition coefficient (Wildman–Crippen LogP) is 9.23. The SMILES string of the molecule is C=C/C(Cl)=C(\N=C(C)SCC)c1nnc(Cc2ccc(Cl)c(Oc3cc(Cl)cc(C#N)c3)c2C)o1.CC. The lowest BCUT2D eigenvalue weighted by atomic mass is 10.0. The van der Waals surface area contributed by atoms with Gasteiger partial charge in [0, 0.05) is 5.02 Å². The molecule has 0 spiro atoms. The Kier molecular flexibility index (Phi) is 12.2. The molecular formula is C27H27Cl3N4O2S. The smallest absolute Gasteiger partial charge is 0.267 e. The van der Waals surface area contributed by atoms with E-state index < -0.39 is 0 Å². The van der Waals surface area contributed by atoms with Gasteiger partial charge >= 0.3 is 0 Å². The van der Waals surface area contributed by atoms with Gasteiger partial charge in [-0.05, 0) is 61.1 Å². The summed E-state index contributed by atoms with van der Waals surface area (Å²) in [6.45, 7) is 13.5. The molecule has 0 amide bonds. The molecule has 0 atom stereocenters. The maximum atomic E-state index is 9.20. The lowest BCUT2D eigenvalue weighted by Gasteiger charge is -2.14. The summed E-state index contributed by atoms with van der Waals surface area (Å²) >= 11 is 20.4. The van der Waals surface area contributed by atoms with Crippen molar-refractivity contribution in [2.24, 2.45) is 4.99 Å². The number of thioether (sulfide) groups is 1. The molecule has 0 radical (unpaired) electrons. The molecule has 0 aliphatic heterocycles. The summed E-state index contributed by atoms with van der Waals surface area (Å²) in [6.07, 6.45) is 1.81. The molecule has 3 rings (SSSR count). The highest BCUT2D eigenvalue weighted by Crippen LogP contribution is 2.36. The average Bonchev–Trinajstić information content (AvgIpc) is 3.35. The van der Waals surface area contributed by atoms with E-state index in [1.807, 2.05) is 40.7 Å². The van der Waals surface area contributed by atoms with Crippen LogP contribution in [-0.4, -0.2) is 21.0 Å². The zero-order chi connectivity index (χ0) is 27.5. The van der Waals surface area contributed by atoms with Crippen LogP contribution in [0, 0.1) is 18.3 Å². The normalized spacial score (nSPS) is 11.7. The van der Waals surface area contributed by atoms with Crippen molar-refractivity contribution in [1.29, 1.82) is 5.26 Å². The molecule has 0 bridgehead atoms. The van der Waals surface area contributed by atoms with E-state index in [4.69, 9.17) is 44.0 Å².